The van der Waals surface area contributed by atoms with E-state index < -0.39 is 0 Å². The van der Waals surface area contributed by atoms with Crippen LogP contribution in [0.25, 0.3) is 10.4 Å². The molecule has 0 aromatic carbocycles. The van der Waals surface area contributed by atoms with E-state index in [9.17, 15) is 0 Å². The molecule has 2 aromatic heterocycles. The predicted molar refractivity (Wildman–Crippen MR) is 57.5 cm³/mol. The molecule has 0 radical (unpaired) electrons. The fourth-order valence-corrected chi connectivity index (χ4v) is 2.60. The van der Waals surface area contributed by atoms with Crippen LogP contribution in [0.4, 0.5) is 0 Å². The molecule has 3 nitrogen and oxygen atoms in total. The monoisotopic (exact) mass is 257 g/mol. The summed E-state index contributed by atoms with van der Waals surface area (Å²) in [6, 6.07) is 2.06. The summed E-state index contributed by atoms with van der Waals surface area (Å²) in [7, 11) is 0. The normalized spacial score (nSPS) is 10.6. The molecule has 0 bridgehead atoms. The maximum Gasteiger partial charge on any atom is 0.0577 e. The molecular weight excluding hydrogens is 250 g/mol. The number of nitrogens with two attached hydrogens (primary N) is 1. The number of aromatic nitrogens is 2. The topological polar surface area (TPSA) is 54.7 Å². The maximum absolute atomic E-state index is 5.56. The SMILES string of the molecule is NCc1[nH]ncc1-c1cc(Br)cs1. The fraction of sp³-hybridized carbons (Fsp3) is 0.125. The first-order valence-corrected chi connectivity index (χ1v) is 5.45. The Balaban J connectivity index is 2.45. The summed E-state index contributed by atoms with van der Waals surface area (Å²) in [5.41, 5.74) is 7.64. The minimum Gasteiger partial charge on any atom is -0.325 e. The number of halogens is 1. The molecule has 0 saturated heterocycles. The zero-order chi connectivity index (χ0) is 9.26. The van der Waals surface area contributed by atoms with Gasteiger partial charge in [0.2, 0.25) is 0 Å². The Morgan fingerprint density at radius 3 is 3.08 bits per heavy atom. The average Bonchev–Trinajstić information content (AvgIpc) is 2.71. The maximum atomic E-state index is 5.56. The highest BCUT2D eigenvalue weighted by Crippen LogP contribution is 2.30. The van der Waals surface area contributed by atoms with Gasteiger partial charge in [0.05, 0.1) is 11.9 Å². The predicted octanol–water partition coefficient (Wildman–Crippen LogP) is 2.36. The fourth-order valence-electron chi connectivity index (χ4n) is 1.14. The quantitative estimate of drug-likeness (QED) is 0.868. The summed E-state index contributed by atoms with van der Waals surface area (Å²) in [6.07, 6.45) is 1.81. The third kappa shape index (κ3) is 1.67. The molecule has 0 atom stereocenters. The lowest BCUT2D eigenvalue weighted by molar-refractivity contribution is 0.949. The molecule has 0 spiro atoms. The standard InChI is InChI=1S/C8H8BrN3S/c9-5-1-8(13-4-5)6-3-11-12-7(6)2-10/h1,3-4H,2,10H2,(H,11,12). The van der Waals surface area contributed by atoms with Crippen LogP contribution < -0.4 is 5.73 Å². The van der Waals surface area contributed by atoms with E-state index in [1.807, 2.05) is 5.38 Å². The average molecular weight is 258 g/mol. The Morgan fingerprint density at radius 2 is 2.46 bits per heavy atom. The van der Waals surface area contributed by atoms with Gasteiger partial charge < -0.3 is 5.73 Å². The third-order valence-corrected chi connectivity index (χ3v) is 3.48. The lowest BCUT2D eigenvalue weighted by Crippen LogP contribution is -1.97. The number of H-pyrrole nitrogens is 1. The van der Waals surface area contributed by atoms with E-state index in [-0.39, 0.29) is 0 Å². The highest BCUT2D eigenvalue weighted by Gasteiger charge is 2.07. The minimum atomic E-state index is 0.491. The van der Waals surface area contributed by atoms with Crippen molar-refractivity contribution in [3.8, 4) is 10.4 Å². The van der Waals surface area contributed by atoms with Gasteiger partial charge >= 0.3 is 0 Å². The van der Waals surface area contributed by atoms with E-state index >= 15 is 0 Å². The van der Waals surface area contributed by atoms with Crippen LogP contribution in [0.2, 0.25) is 0 Å². The molecule has 0 fully saturated rings. The van der Waals surface area contributed by atoms with Gasteiger partial charge in [-0.3, -0.25) is 5.10 Å². The molecule has 2 aromatic rings. The Labute approximate surface area is 88.1 Å². The van der Waals surface area contributed by atoms with Crippen LogP contribution in [0.5, 0.6) is 0 Å². The summed E-state index contributed by atoms with van der Waals surface area (Å²) in [5, 5.41) is 8.89. The summed E-state index contributed by atoms with van der Waals surface area (Å²) >= 11 is 5.09. The van der Waals surface area contributed by atoms with Crippen LogP contribution in [0.1, 0.15) is 5.69 Å². The van der Waals surface area contributed by atoms with E-state index in [2.05, 4.69) is 32.2 Å². The largest absolute Gasteiger partial charge is 0.325 e. The number of nitrogens with one attached hydrogen (secondary N) is 1. The lowest BCUT2D eigenvalue weighted by atomic mass is 10.2. The molecule has 0 aliphatic carbocycles. The number of hydrogen-bond donors (Lipinski definition) is 2. The molecule has 2 rings (SSSR count). The smallest absolute Gasteiger partial charge is 0.0577 e. The van der Waals surface area contributed by atoms with Crippen molar-refractivity contribution in [2.75, 3.05) is 0 Å². The van der Waals surface area contributed by atoms with Gasteiger partial charge in [0, 0.05) is 26.8 Å². The van der Waals surface area contributed by atoms with Gasteiger partial charge in [0.1, 0.15) is 0 Å². The molecule has 0 unspecified atom stereocenters. The second-order valence-corrected chi connectivity index (χ2v) is 4.42. The number of hydrogen-bond acceptors (Lipinski definition) is 3. The highest BCUT2D eigenvalue weighted by molar-refractivity contribution is 9.10. The Hall–Kier alpha value is -0.650. The molecule has 0 aliphatic rings. The summed E-state index contributed by atoms with van der Waals surface area (Å²) < 4.78 is 1.09. The Kier molecular flexibility index (Phi) is 2.48. The van der Waals surface area contributed by atoms with E-state index in [4.69, 9.17) is 5.73 Å². The van der Waals surface area contributed by atoms with Crippen LogP contribution >= 0.6 is 27.3 Å². The Morgan fingerprint density at radius 1 is 1.62 bits per heavy atom. The first kappa shape index (κ1) is 8.93. The van der Waals surface area contributed by atoms with Crippen molar-refractivity contribution >= 4 is 27.3 Å². The van der Waals surface area contributed by atoms with Crippen LogP contribution in [0.3, 0.4) is 0 Å². The van der Waals surface area contributed by atoms with Gasteiger partial charge in [0.25, 0.3) is 0 Å². The molecule has 68 valence electrons. The molecule has 5 heteroatoms. The third-order valence-electron chi connectivity index (χ3n) is 1.76. The van der Waals surface area contributed by atoms with Crippen molar-refractivity contribution in [1.29, 1.82) is 0 Å². The van der Waals surface area contributed by atoms with Gasteiger partial charge in [-0.15, -0.1) is 11.3 Å². The van der Waals surface area contributed by atoms with Crippen molar-refractivity contribution in [3.63, 3.8) is 0 Å². The van der Waals surface area contributed by atoms with Crippen LogP contribution in [0.15, 0.2) is 22.1 Å². The highest BCUT2D eigenvalue weighted by atomic mass is 79.9. The van der Waals surface area contributed by atoms with E-state index in [0.717, 1.165) is 15.7 Å². The minimum absolute atomic E-state index is 0.491. The number of nitrogens with zero attached hydrogens (tertiary/aromatic N) is 1. The lowest BCUT2D eigenvalue weighted by Gasteiger charge is -1.94. The molecule has 0 aliphatic heterocycles. The molecular formula is C8H8BrN3S. The zero-order valence-electron chi connectivity index (χ0n) is 6.75. The summed E-state index contributed by atoms with van der Waals surface area (Å²) in [4.78, 5) is 1.18. The van der Waals surface area contributed by atoms with Gasteiger partial charge in [-0.1, -0.05) is 0 Å². The van der Waals surface area contributed by atoms with Crippen molar-refractivity contribution in [3.05, 3.63) is 27.8 Å². The molecule has 0 saturated carbocycles. The van der Waals surface area contributed by atoms with Gasteiger partial charge in [0.15, 0.2) is 0 Å². The van der Waals surface area contributed by atoms with E-state index in [1.54, 1.807) is 17.5 Å². The molecule has 0 amide bonds. The van der Waals surface area contributed by atoms with E-state index in [0.29, 0.717) is 6.54 Å². The van der Waals surface area contributed by atoms with Crippen LogP contribution in [-0.2, 0) is 6.54 Å². The summed E-state index contributed by atoms with van der Waals surface area (Å²) in [6.45, 7) is 0.491. The first-order chi connectivity index (χ1) is 6.31. The van der Waals surface area contributed by atoms with Crippen LogP contribution in [-0.4, -0.2) is 10.2 Å². The first-order valence-electron chi connectivity index (χ1n) is 3.78. The van der Waals surface area contributed by atoms with Crippen molar-refractivity contribution in [2.24, 2.45) is 5.73 Å². The molecule has 2 heterocycles. The molecule has 3 N–H and O–H groups in total. The van der Waals surface area contributed by atoms with Gasteiger partial charge in [-0.25, -0.2) is 0 Å². The summed E-state index contributed by atoms with van der Waals surface area (Å²) in [5.74, 6) is 0. The second-order valence-electron chi connectivity index (χ2n) is 2.60. The number of rotatable bonds is 2. The van der Waals surface area contributed by atoms with E-state index in [1.165, 1.54) is 4.88 Å². The van der Waals surface area contributed by atoms with Crippen molar-refractivity contribution in [2.45, 2.75) is 6.54 Å². The number of aromatic amines is 1. The van der Waals surface area contributed by atoms with Crippen LogP contribution in [0, 0.1) is 0 Å². The van der Waals surface area contributed by atoms with Gasteiger partial charge in [-0.2, -0.15) is 5.10 Å². The van der Waals surface area contributed by atoms with Crippen molar-refractivity contribution < 1.29 is 0 Å². The number of thiophene rings is 1. The second kappa shape index (κ2) is 3.61. The van der Waals surface area contributed by atoms with Crippen molar-refractivity contribution in [1.82, 2.24) is 10.2 Å². The Bertz CT molecular complexity index is 407. The van der Waals surface area contributed by atoms with Gasteiger partial charge in [-0.05, 0) is 22.0 Å². The molecule has 13 heavy (non-hydrogen) atoms. The zero-order valence-corrected chi connectivity index (χ0v) is 9.15.